The maximum Gasteiger partial charge on any atom is 0.291 e. The second-order valence-electron chi connectivity index (χ2n) is 23.3. The number of carbonyl (C=O) groups excluding carboxylic acids is 5. The standard InChI is InChI=1S/C65H63ClN16O6S/c1-38-22-45(66)24-49(48-18-20-67-54-25-47(89-59(48)54)35-82-63(85)50-26-51(50)64(82)86)52(38)36-81-39(2)29-78(30-40(81)3)31-44-28-69-79(33-44)21-7-19-68-61(83)53-17-16-46(73-74-53)34-80-32-43(27-70-80)15-12-41-10-13-42(14-11-41)23-58-72-60(76-75-58)62(84)71-55-37-88-57-9-6-5-8-56(57)77(4)65(55)87/h5-6,8-11,13-14,16-18,20,22,24-25,27-28,32-33,39-40,50-51,55H,7,19,21,23,26,29-31,34-37H2,1-4H3,(H,68,83)(H,71,84)(H,72,75,76)/t39-,40-,50?,51?,55-/m1/s1. The zero-order valence-corrected chi connectivity index (χ0v) is 51.0. The number of carbonyl (C=O) groups is 5. The fourth-order valence-electron chi connectivity index (χ4n) is 12.1. The Bertz CT molecular complexity index is 4230. The lowest BCUT2D eigenvalue weighted by Gasteiger charge is -2.45. The summed E-state index contributed by atoms with van der Waals surface area (Å²) in [4.78, 5) is 82.7. The van der Waals surface area contributed by atoms with Gasteiger partial charge in [0.15, 0.2) is 5.69 Å². The number of piperazine rings is 1. The fraction of sp³-hybridized carbons (Fsp3) is 0.323. The molecule has 5 atom stereocenters. The number of nitrogens with zero attached hydrogens (tertiary/aromatic N) is 13. The third kappa shape index (κ3) is 12.8. The third-order valence-electron chi connectivity index (χ3n) is 16.8. The number of hydrogen-bond donors (Lipinski definition) is 3. The van der Waals surface area contributed by atoms with Crippen LogP contribution in [0, 0.1) is 30.6 Å². The van der Waals surface area contributed by atoms with Crippen LogP contribution in [-0.2, 0) is 53.5 Å². The number of likely N-dealkylation sites (N-methyl/N-ethyl adjacent to an activating group) is 1. The number of likely N-dealkylation sites (tertiary alicyclic amines) is 1. The Hall–Kier alpha value is -9.47. The monoisotopic (exact) mass is 1230 g/mol. The Morgan fingerprint density at radius 3 is 2.39 bits per heavy atom. The normalized spacial score (nSPS) is 19.2. The maximum absolute atomic E-state index is 13.1. The summed E-state index contributed by atoms with van der Waals surface area (Å²) in [6, 6.07) is 26.0. The Balaban J connectivity index is 0.535. The summed E-state index contributed by atoms with van der Waals surface area (Å²) >= 11 is 8.37. The number of aromatic amines is 1. The van der Waals surface area contributed by atoms with E-state index in [-0.39, 0.29) is 72.2 Å². The predicted octanol–water partition coefficient (Wildman–Crippen LogP) is 6.84. The van der Waals surface area contributed by atoms with E-state index in [1.807, 2.05) is 77.9 Å². The van der Waals surface area contributed by atoms with Crippen molar-refractivity contribution in [2.24, 2.45) is 11.8 Å². The maximum atomic E-state index is 13.1. The number of imide groups is 1. The molecule has 1 aliphatic carbocycles. The van der Waals surface area contributed by atoms with Crippen LogP contribution in [0.4, 0.5) is 5.69 Å². The highest BCUT2D eigenvalue weighted by Gasteiger charge is 2.58. The van der Waals surface area contributed by atoms with Crippen LogP contribution >= 0.6 is 22.9 Å². The summed E-state index contributed by atoms with van der Waals surface area (Å²) in [5.41, 5.74) is 10.3. The van der Waals surface area contributed by atoms with Crippen LogP contribution in [0.25, 0.3) is 21.3 Å². The number of benzene rings is 3. The molecular formula is C65H63ClN16O6S. The lowest BCUT2D eigenvalue weighted by molar-refractivity contribution is -0.142. The summed E-state index contributed by atoms with van der Waals surface area (Å²) in [5.74, 6) is 5.74. The van der Waals surface area contributed by atoms with Gasteiger partial charge in [-0.2, -0.15) is 15.3 Å². The number of anilines is 1. The Kier molecular flexibility index (Phi) is 16.4. The first-order valence-corrected chi connectivity index (χ1v) is 30.8. The van der Waals surface area contributed by atoms with Gasteiger partial charge in [-0.15, -0.1) is 21.5 Å². The molecule has 2 saturated heterocycles. The van der Waals surface area contributed by atoms with Gasteiger partial charge < -0.3 is 20.3 Å². The van der Waals surface area contributed by atoms with Crippen LogP contribution in [0.5, 0.6) is 5.75 Å². The summed E-state index contributed by atoms with van der Waals surface area (Å²) in [5, 5.41) is 30.8. The summed E-state index contributed by atoms with van der Waals surface area (Å²) in [6.45, 7) is 11.7. The molecular weight excluding hydrogens is 1170 g/mol. The molecule has 13 rings (SSSR count). The van der Waals surface area contributed by atoms with Crippen molar-refractivity contribution < 1.29 is 28.7 Å². The van der Waals surface area contributed by atoms with Gasteiger partial charge in [-0.3, -0.25) is 58.1 Å². The number of piperidine rings is 1. The van der Waals surface area contributed by atoms with Gasteiger partial charge in [0.2, 0.25) is 17.6 Å². The Labute approximate surface area is 521 Å². The molecule has 1 saturated carbocycles. The van der Waals surface area contributed by atoms with Crippen LogP contribution in [-0.4, -0.2) is 146 Å². The number of halogens is 1. The molecule has 3 aliphatic heterocycles. The van der Waals surface area contributed by atoms with Gasteiger partial charge in [0.1, 0.15) is 24.2 Å². The number of aromatic nitrogens is 10. The number of aryl methyl sites for hydroxylation is 2. The minimum absolute atomic E-state index is 0.0233. The van der Waals surface area contributed by atoms with Crippen molar-refractivity contribution in [1.29, 1.82) is 0 Å². The molecule has 2 unspecified atom stereocenters. The summed E-state index contributed by atoms with van der Waals surface area (Å²) in [7, 11) is 1.64. The van der Waals surface area contributed by atoms with Crippen LogP contribution in [0.3, 0.4) is 0 Å². The molecule has 0 spiro atoms. The zero-order chi connectivity index (χ0) is 61.4. The number of nitrogens with one attached hydrogen (secondary N) is 3. The highest BCUT2D eigenvalue weighted by atomic mass is 35.5. The molecule has 9 heterocycles. The van der Waals surface area contributed by atoms with E-state index in [0.717, 1.165) is 74.7 Å². The first-order valence-electron chi connectivity index (χ1n) is 29.6. The van der Waals surface area contributed by atoms with Gasteiger partial charge in [0.05, 0.1) is 64.5 Å². The van der Waals surface area contributed by atoms with Crippen LogP contribution in [0.15, 0.2) is 116 Å². The third-order valence-corrected chi connectivity index (χ3v) is 18.2. The van der Waals surface area contributed by atoms with Crippen molar-refractivity contribution in [3.63, 3.8) is 0 Å². The number of fused-ring (bicyclic) bond motifs is 3. The van der Waals surface area contributed by atoms with E-state index in [9.17, 15) is 24.0 Å². The van der Waals surface area contributed by atoms with E-state index in [2.05, 4.69) is 106 Å². The van der Waals surface area contributed by atoms with Gasteiger partial charge in [0.25, 0.3) is 17.7 Å². The second-order valence-corrected chi connectivity index (χ2v) is 24.9. The number of amides is 5. The first kappa shape index (κ1) is 58.5. The van der Waals surface area contributed by atoms with E-state index < -0.39 is 11.9 Å². The second kappa shape index (κ2) is 25.0. The van der Waals surface area contributed by atoms with Gasteiger partial charge in [-0.25, -0.2) is 4.98 Å². The molecule has 89 heavy (non-hydrogen) atoms. The number of para-hydroxylation sites is 2. The van der Waals surface area contributed by atoms with Crippen molar-refractivity contribution in [3.8, 4) is 28.7 Å². The molecule has 3 N–H and O–H groups in total. The molecule has 3 aromatic carbocycles. The van der Waals surface area contributed by atoms with Crippen LogP contribution in [0.2, 0.25) is 5.02 Å². The molecule has 24 heteroatoms. The van der Waals surface area contributed by atoms with Gasteiger partial charge >= 0.3 is 0 Å². The first-order chi connectivity index (χ1) is 43.1. The Morgan fingerprint density at radius 1 is 0.809 bits per heavy atom. The quantitative estimate of drug-likeness (QED) is 0.0452. The number of thiophene rings is 1. The summed E-state index contributed by atoms with van der Waals surface area (Å²) in [6.07, 6.45) is 11.1. The molecule has 22 nitrogen and oxygen atoms in total. The number of pyridine rings is 1. The van der Waals surface area contributed by atoms with E-state index in [1.54, 1.807) is 53.5 Å². The summed E-state index contributed by atoms with van der Waals surface area (Å²) < 4.78 is 10.5. The average Bonchev–Trinajstić information content (AvgIpc) is 1.67. The number of H-pyrrole nitrogens is 1. The highest BCUT2D eigenvalue weighted by Crippen LogP contribution is 2.48. The van der Waals surface area contributed by atoms with Gasteiger partial charge in [-0.05, 0) is 117 Å². The van der Waals surface area contributed by atoms with Crippen molar-refractivity contribution >= 4 is 68.4 Å². The Morgan fingerprint density at radius 2 is 1.60 bits per heavy atom. The van der Waals surface area contributed by atoms with E-state index in [0.29, 0.717) is 72.4 Å². The van der Waals surface area contributed by atoms with Crippen molar-refractivity contribution in [2.75, 3.05) is 38.2 Å². The van der Waals surface area contributed by atoms with E-state index in [4.69, 9.17) is 16.3 Å². The molecule has 9 aromatic rings. The molecule has 5 amide bonds. The average molecular weight is 1230 g/mol. The van der Waals surface area contributed by atoms with Gasteiger partial charge in [0, 0.05) is 110 Å². The van der Waals surface area contributed by atoms with Crippen molar-refractivity contribution in [1.82, 2.24) is 75.3 Å². The van der Waals surface area contributed by atoms with Crippen molar-refractivity contribution in [3.05, 3.63) is 182 Å². The molecule has 0 bridgehead atoms. The highest BCUT2D eigenvalue weighted by molar-refractivity contribution is 7.19. The minimum Gasteiger partial charge on any atom is -0.489 e. The molecule has 6 aromatic heterocycles. The number of rotatable bonds is 18. The zero-order valence-electron chi connectivity index (χ0n) is 49.4. The van der Waals surface area contributed by atoms with Crippen molar-refractivity contribution in [2.45, 2.75) is 90.9 Å². The fourth-order valence-corrected chi connectivity index (χ4v) is 13.5. The van der Waals surface area contributed by atoms with Crippen LogP contribution < -0.4 is 20.3 Å². The SMILES string of the molecule is Cc1cc(Cl)cc(-c2ccnc3cc(CN4C(=O)C5CC5C4=O)sc23)c1CN1[C@H](C)CN(Cc2cnn(CCCNC(=O)c3ccc(Cn4cc(C#Cc5ccc(Cc6nc(C(=O)N[C@@H]7COc8ccccc8N(C)C7=O)n[nH]6)cc5)cn4)nn3)c2)C[C@H]1C. The predicted molar refractivity (Wildman–Crippen MR) is 332 cm³/mol. The van der Waals surface area contributed by atoms with E-state index in [1.165, 1.54) is 15.4 Å². The topological polar surface area (TPSA) is 247 Å². The largest absolute Gasteiger partial charge is 0.489 e. The number of ether oxygens (including phenoxy) is 1. The molecule has 3 fully saturated rings. The molecule has 4 aliphatic rings. The minimum atomic E-state index is -0.913. The molecule has 0 radical (unpaired) electrons. The smallest absolute Gasteiger partial charge is 0.291 e. The lowest BCUT2D eigenvalue weighted by atomic mass is 9.94. The number of hydrogen-bond acceptors (Lipinski definition) is 16. The van der Waals surface area contributed by atoms with Gasteiger partial charge in [-0.1, -0.05) is 47.7 Å². The van der Waals surface area contributed by atoms with E-state index >= 15 is 0 Å². The lowest BCUT2D eigenvalue weighted by Crippen LogP contribution is -2.55. The van der Waals surface area contributed by atoms with Crippen LogP contribution in [0.1, 0.15) is 97.6 Å². The molecule has 452 valence electrons.